The average molecular weight is 425 g/mol. The summed E-state index contributed by atoms with van der Waals surface area (Å²) in [5.74, 6) is -0.496. The highest BCUT2D eigenvalue weighted by atomic mass is 32.1. The van der Waals surface area contributed by atoms with Crippen molar-refractivity contribution in [1.29, 1.82) is 0 Å². The molecule has 0 aliphatic rings. The zero-order valence-electron chi connectivity index (χ0n) is 16.4. The summed E-state index contributed by atoms with van der Waals surface area (Å²) in [4.78, 5) is 17.6. The molecular weight excluding hydrogens is 407 g/mol. The van der Waals surface area contributed by atoms with Crippen LogP contribution >= 0.6 is 11.3 Å². The Labute approximate surface area is 182 Å². The van der Waals surface area contributed by atoms with Crippen molar-refractivity contribution in [3.05, 3.63) is 108 Å². The number of carbonyl (C=O) groups is 1. The maximum absolute atomic E-state index is 14.1. The minimum atomic E-state index is -0.304. The zero-order chi connectivity index (χ0) is 21.2. The quantitative estimate of drug-likeness (QED) is 0.337. The molecule has 0 bridgehead atoms. The third kappa shape index (κ3) is 3.83. The van der Waals surface area contributed by atoms with Crippen molar-refractivity contribution >= 4 is 33.7 Å². The normalized spacial score (nSPS) is 10.9. The molecule has 0 unspecified atom stereocenters. The fourth-order valence-electron chi connectivity index (χ4n) is 3.50. The number of para-hydroxylation sites is 1. The fourth-order valence-corrected chi connectivity index (χ4v) is 4.34. The van der Waals surface area contributed by atoms with Crippen LogP contribution in [-0.2, 0) is 0 Å². The summed E-state index contributed by atoms with van der Waals surface area (Å²) < 4.78 is 14.1. The number of benzene rings is 4. The van der Waals surface area contributed by atoms with Crippen LogP contribution in [0.15, 0.2) is 96.4 Å². The van der Waals surface area contributed by atoms with Crippen molar-refractivity contribution in [2.24, 2.45) is 0 Å². The van der Waals surface area contributed by atoms with Crippen molar-refractivity contribution in [3.63, 3.8) is 0 Å². The molecule has 0 saturated heterocycles. The molecule has 150 valence electrons. The molecule has 0 atom stereocenters. The monoisotopic (exact) mass is 424 g/mol. The van der Waals surface area contributed by atoms with Gasteiger partial charge in [0.05, 0.1) is 11.4 Å². The first-order valence-corrected chi connectivity index (χ1v) is 10.7. The molecule has 0 saturated carbocycles. The van der Waals surface area contributed by atoms with Crippen LogP contribution in [0.5, 0.6) is 0 Å². The van der Waals surface area contributed by atoms with Gasteiger partial charge in [0.2, 0.25) is 0 Å². The molecule has 4 aromatic carbocycles. The van der Waals surface area contributed by atoms with Crippen molar-refractivity contribution in [2.45, 2.75) is 0 Å². The van der Waals surface area contributed by atoms with E-state index in [2.05, 4.69) is 10.3 Å². The zero-order valence-corrected chi connectivity index (χ0v) is 17.2. The molecule has 0 spiro atoms. The lowest BCUT2D eigenvalue weighted by atomic mass is 10.1. The van der Waals surface area contributed by atoms with E-state index >= 15 is 0 Å². The Hall–Kier alpha value is -3.83. The Morgan fingerprint density at radius 1 is 0.806 bits per heavy atom. The molecule has 31 heavy (non-hydrogen) atoms. The van der Waals surface area contributed by atoms with E-state index < -0.39 is 0 Å². The molecular formula is C26H17FN2OS. The molecule has 5 rings (SSSR count). The summed E-state index contributed by atoms with van der Waals surface area (Å²) in [6.07, 6.45) is 0. The fraction of sp³-hybridized carbons (Fsp3) is 0. The first-order valence-electron chi connectivity index (χ1n) is 9.79. The van der Waals surface area contributed by atoms with Gasteiger partial charge in [-0.15, -0.1) is 11.3 Å². The first-order chi connectivity index (χ1) is 15.2. The second kappa shape index (κ2) is 8.13. The number of rotatable bonds is 4. The lowest BCUT2D eigenvalue weighted by molar-refractivity contribution is 0.102. The predicted molar refractivity (Wildman–Crippen MR) is 125 cm³/mol. The minimum Gasteiger partial charge on any atom is -0.321 e. The number of nitrogens with zero attached hydrogens (tertiary/aromatic N) is 1. The number of hydrogen-bond donors (Lipinski definition) is 1. The summed E-state index contributed by atoms with van der Waals surface area (Å²) in [5.41, 5.74) is 3.19. The SMILES string of the molecule is O=C(Nc1ccccc1-c1csc(-c2ccccc2F)n1)c1ccc2ccccc2c1. The number of hydrogen-bond acceptors (Lipinski definition) is 3. The van der Waals surface area contributed by atoms with Gasteiger partial charge in [-0.3, -0.25) is 4.79 Å². The molecule has 0 aliphatic heterocycles. The van der Waals surface area contributed by atoms with Crippen LogP contribution in [0.4, 0.5) is 10.1 Å². The molecule has 5 heteroatoms. The Bertz CT molecular complexity index is 1410. The highest BCUT2D eigenvalue weighted by molar-refractivity contribution is 7.13. The van der Waals surface area contributed by atoms with Gasteiger partial charge >= 0.3 is 0 Å². The molecule has 0 radical (unpaired) electrons. The summed E-state index contributed by atoms with van der Waals surface area (Å²) in [6.45, 7) is 0. The van der Waals surface area contributed by atoms with Gasteiger partial charge in [0.25, 0.3) is 5.91 Å². The molecule has 1 heterocycles. The number of amides is 1. The van der Waals surface area contributed by atoms with E-state index in [1.807, 2.05) is 72.1 Å². The second-order valence-electron chi connectivity index (χ2n) is 7.08. The molecule has 0 fully saturated rings. The Kier molecular flexibility index (Phi) is 5.02. The molecule has 3 nitrogen and oxygen atoms in total. The number of fused-ring (bicyclic) bond motifs is 1. The summed E-state index contributed by atoms with van der Waals surface area (Å²) >= 11 is 1.37. The Morgan fingerprint density at radius 2 is 1.52 bits per heavy atom. The van der Waals surface area contributed by atoms with Gasteiger partial charge in [0, 0.05) is 22.1 Å². The predicted octanol–water partition coefficient (Wildman–Crippen LogP) is 7.02. The van der Waals surface area contributed by atoms with Gasteiger partial charge in [-0.1, -0.05) is 60.7 Å². The van der Waals surface area contributed by atoms with Gasteiger partial charge in [-0.25, -0.2) is 9.37 Å². The van der Waals surface area contributed by atoms with Crippen LogP contribution in [0.25, 0.3) is 32.6 Å². The number of nitrogens with one attached hydrogen (secondary N) is 1. The van der Waals surface area contributed by atoms with Gasteiger partial charge in [0.1, 0.15) is 10.8 Å². The van der Waals surface area contributed by atoms with E-state index in [-0.39, 0.29) is 11.7 Å². The lowest BCUT2D eigenvalue weighted by Crippen LogP contribution is -2.12. The smallest absolute Gasteiger partial charge is 0.255 e. The van der Waals surface area contributed by atoms with Crippen molar-refractivity contribution < 1.29 is 9.18 Å². The summed E-state index contributed by atoms with van der Waals surface area (Å²) in [6, 6.07) is 27.7. The number of halogens is 1. The molecule has 1 aromatic heterocycles. The van der Waals surface area contributed by atoms with Crippen molar-refractivity contribution in [2.75, 3.05) is 5.32 Å². The minimum absolute atomic E-state index is 0.192. The van der Waals surface area contributed by atoms with E-state index in [1.165, 1.54) is 17.4 Å². The summed E-state index contributed by atoms with van der Waals surface area (Å²) in [7, 11) is 0. The van der Waals surface area contributed by atoms with Crippen LogP contribution in [0.3, 0.4) is 0 Å². The number of carbonyl (C=O) groups excluding carboxylic acids is 1. The van der Waals surface area contributed by atoms with E-state index in [0.29, 0.717) is 27.5 Å². The Balaban J connectivity index is 1.46. The summed E-state index contributed by atoms with van der Waals surface area (Å²) in [5, 5.41) is 7.58. The third-order valence-corrected chi connectivity index (χ3v) is 5.95. The van der Waals surface area contributed by atoms with Crippen molar-refractivity contribution in [3.8, 4) is 21.8 Å². The van der Waals surface area contributed by atoms with E-state index in [0.717, 1.165) is 16.3 Å². The van der Waals surface area contributed by atoms with Crippen LogP contribution < -0.4 is 5.32 Å². The van der Waals surface area contributed by atoms with Crippen LogP contribution in [-0.4, -0.2) is 10.9 Å². The highest BCUT2D eigenvalue weighted by Crippen LogP contribution is 2.33. The second-order valence-corrected chi connectivity index (χ2v) is 7.94. The van der Waals surface area contributed by atoms with E-state index in [4.69, 9.17) is 0 Å². The molecule has 1 amide bonds. The van der Waals surface area contributed by atoms with Gasteiger partial charge in [-0.2, -0.15) is 0 Å². The van der Waals surface area contributed by atoms with E-state index in [1.54, 1.807) is 18.2 Å². The standard InChI is InChI=1S/C26H17FN2OS/c27-22-11-5-3-9-20(22)26-29-24(16-31-26)21-10-4-6-12-23(21)28-25(30)19-14-13-17-7-1-2-8-18(17)15-19/h1-16H,(H,28,30). The molecule has 0 aliphatic carbocycles. The first kappa shape index (κ1) is 19.2. The lowest BCUT2D eigenvalue weighted by Gasteiger charge is -2.10. The highest BCUT2D eigenvalue weighted by Gasteiger charge is 2.15. The molecule has 5 aromatic rings. The number of anilines is 1. The topological polar surface area (TPSA) is 42.0 Å². The van der Waals surface area contributed by atoms with Crippen LogP contribution in [0.2, 0.25) is 0 Å². The molecule has 1 N–H and O–H groups in total. The number of aromatic nitrogens is 1. The largest absolute Gasteiger partial charge is 0.321 e. The maximum atomic E-state index is 14.1. The third-order valence-electron chi connectivity index (χ3n) is 5.07. The average Bonchev–Trinajstić information content (AvgIpc) is 3.29. The van der Waals surface area contributed by atoms with Gasteiger partial charge in [-0.05, 0) is 41.1 Å². The van der Waals surface area contributed by atoms with Gasteiger partial charge < -0.3 is 5.32 Å². The Morgan fingerprint density at radius 3 is 2.35 bits per heavy atom. The number of thiazole rings is 1. The van der Waals surface area contributed by atoms with Gasteiger partial charge in [0.15, 0.2) is 0 Å². The van der Waals surface area contributed by atoms with Crippen molar-refractivity contribution in [1.82, 2.24) is 4.98 Å². The van der Waals surface area contributed by atoms with E-state index in [9.17, 15) is 9.18 Å². The van der Waals surface area contributed by atoms with Crippen LogP contribution in [0, 0.1) is 5.82 Å². The maximum Gasteiger partial charge on any atom is 0.255 e. The van der Waals surface area contributed by atoms with Crippen LogP contribution in [0.1, 0.15) is 10.4 Å².